The van der Waals surface area contributed by atoms with Crippen molar-refractivity contribution < 1.29 is 102 Å². The van der Waals surface area contributed by atoms with Gasteiger partial charge in [-0.1, -0.05) is 74.6 Å². The summed E-state index contributed by atoms with van der Waals surface area (Å²) in [5.41, 5.74) is 5.78. The van der Waals surface area contributed by atoms with Crippen molar-refractivity contribution in [2.75, 3.05) is 82.6 Å². The number of carbonyl (C=O) groups is 6. The lowest BCUT2D eigenvalue weighted by molar-refractivity contribution is -0.438. The number of rotatable bonds is 50. The molecule has 9 unspecified atom stereocenters. The SMILES string of the molecule is CC(=O)NC(CCCCn1cc(CCCC(=O)Nc2nnc(S(N)(=O)=O)s2)nn1)C(=O)NCCOCCOCCNC(=O)CCCCC[N+]1=C(/C=C/C=C/C=C/C=C2/N(CCC(C)C)c3ccc(C(=O)CCC(O)C(O)C(O)C(O)CO)cc3C2(C)C)C(C)(C)c2cc(C(=O)NCC(O)C(O)C(O)C(O)CO)ccc21. The Balaban J connectivity index is 0.957. The van der Waals surface area contributed by atoms with Crippen molar-refractivity contribution in [2.45, 2.75) is 209 Å². The van der Waals surface area contributed by atoms with Crippen LogP contribution in [0.5, 0.6) is 0 Å². The number of nitrogens with zero attached hydrogens (tertiary/aromatic N) is 7. The number of nitrogens with two attached hydrogens (primary N) is 1. The Kier molecular flexibility index (Phi) is 36.6. The number of allylic oxidation sites excluding steroid dienone is 8. The summed E-state index contributed by atoms with van der Waals surface area (Å²) >= 11 is 0.653. The van der Waals surface area contributed by atoms with Crippen LogP contribution in [0.25, 0.3) is 0 Å². The van der Waals surface area contributed by atoms with E-state index in [1.165, 1.54) is 6.92 Å². The van der Waals surface area contributed by atoms with E-state index >= 15 is 0 Å². The molecule has 110 heavy (non-hydrogen) atoms. The minimum atomic E-state index is -4.02. The second-order valence-electron chi connectivity index (χ2n) is 28.8. The third-order valence-corrected chi connectivity index (χ3v) is 21.1. The number of amides is 5. The van der Waals surface area contributed by atoms with Gasteiger partial charge in [0.15, 0.2) is 11.5 Å². The summed E-state index contributed by atoms with van der Waals surface area (Å²) < 4.78 is 37.6. The number of aromatic nitrogens is 5. The first-order chi connectivity index (χ1) is 52.2. The molecule has 608 valence electrons. The van der Waals surface area contributed by atoms with Gasteiger partial charge in [-0.15, -0.1) is 15.3 Å². The number of sulfonamides is 1. The maximum Gasteiger partial charge on any atom is 0.267 e. The summed E-state index contributed by atoms with van der Waals surface area (Å²) in [6.45, 7) is 15.0. The number of hydrogen-bond acceptors (Lipinski definition) is 26. The van der Waals surface area contributed by atoms with Gasteiger partial charge in [0.2, 0.25) is 38.8 Å². The number of Topliss-reactive ketones (excluding diaryl/α,β-unsaturated/α-hetero) is 1. The maximum absolute atomic E-state index is 13.6. The molecule has 17 N–H and O–H groups in total. The Morgan fingerprint density at radius 3 is 1.95 bits per heavy atom. The summed E-state index contributed by atoms with van der Waals surface area (Å²) in [5, 5.41) is 134. The molecule has 0 saturated carbocycles. The van der Waals surface area contributed by atoms with E-state index in [0.717, 1.165) is 46.9 Å². The fourth-order valence-electron chi connectivity index (χ4n) is 12.6. The molecule has 0 spiro atoms. The number of carbonyl (C=O) groups excluding carboxylic acids is 6. The van der Waals surface area contributed by atoms with Crippen LogP contribution in [0.15, 0.2) is 95.2 Å². The zero-order valence-electron chi connectivity index (χ0n) is 63.6. The molecular formula is C75H112N13O20S2+. The molecule has 33 nitrogen and oxygen atoms in total. The first-order valence-electron chi connectivity index (χ1n) is 37.1. The Labute approximate surface area is 645 Å². The summed E-state index contributed by atoms with van der Waals surface area (Å²) in [5.74, 6) is -1.63. The Hall–Kier alpha value is -7.98. The number of primary sulfonamides is 1. The van der Waals surface area contributed by atoms with Crippen molar-refractivity contribution in [3.63, 3.8) is 0 Å². The lowest BCUT2D eigenvalue weighted by Crippen LogP contribution is -2.49. The molecule has 4 heterocycles. The highest BCUT2D eigenvalue weighted by molar-refractivity contribution is 7.91. The van der Waals surface area contributed by atoms with E-state index < -0.39 is 106 Å². The molecule has 35 heteroatoms. The maximum atomic E-state index is 13.6. The molecule has 6 rings (SSSR count). The average Bonchev–Trinajstić information content (AvgIpc) is 1.60. The van der Waals surface area contributed by atoms with Crippen LogP contribution in [0.2, 0.25) is 0 Å². The van der Waals surface area contributed by atoms with Crippen molar-refractivity contribution in [3.8, 4) is 0 Å². The van der Waals surface area contributed by atoms with Gasteiger partial charge < -0.3 is 92.0 Å². The first kappa shape index (κ1) is 90.9. The number of anilines is 2. The fourth-order valence-corrected chi connectivity index (χ4v) is 14.0. The third-order valence-electron chi connectivity index (χ3n) is 19.0. The molecule has 0 fully saturated rings. The van der Waals surface area contributed by atoms with Crippen molar-refractivity contribution in [2.24, 2.45) is 11.1 Å². The van der Waals surface area contributed by atoms with Crippen molar-refractivity contribution in [3.05, 3.63) is 119 Å². The van der Waals surface area contributed by atoms with Crippen LogP contribution < -0.4 is 36.6 Å². The van der Waals surface area contributed by atoms with Gasteiger partial charge in [0.25, 0.3) is 15.9 Å². The topological polar surface area (TPSA) is 506 Å². The summed E-state index contributed by atoms with van der Waals surface area (Å²) in [6, 6.07) is 10.1. The van der Waals surface area contributed by atoms with E-state index in [4.69, 9.17) is 19.7 Å². The quantitative estimate of drug-likeness (QED) is 0.00973. The van der Waals surface area contributed by atoms with Gasteiger partial charge in [0.1, 0.15) is 49.2 Å². The highest BCUT2D eigenvalue weighted by Crippen LogP contribution is 2.49. The number of aliphatic hydroxyl groups excluding tert-OH is 10. The minimum Gasteiger partial charge on any atom is -0.394 e. The predicted molar refractivity (Wildman–Crippen MR) is 410 cm³/mol. The molecule has 0 aliphatic carbocycles. The predicted octanol–water partition coefficient (Wildman–Crippen LogP) is 1.28. The van der Waals surface area contributed by atoms with Gasteiger partial charge in [-0.25, -0.2) is 13.6 Å². The third kappa shape index (κ3) is 27.4. The Morgan fingerprint density at radius 2 is 1.29 bits per heavy atom. The molecule has 5 amide bonds. The van der Waals surface area contributed by atoms with Crippen LogP contribution in [-0.4, -0.2) is 258 Å². The van der Waals surface area contributed by atoms with Crippen LogP contribution in [-0.2, 0) is 62.5 Å². The molecule has 9 atom stereocenters. The number of hydrogen-bond donors (Lipinski definition) is 16. The summed E-state index contributed by atoms with van der Waals surface area (Å²) in [4.78, 5) is 79.6. The number of benzene rings is 2. The summed E-state index contributed by atoms with van der Waals surface area (Å²) in [7, 11) is -4.02. The first-order valence-corrected chi connectivity index (χ1v) is 39.5. The zero-order valence-corrected chi connectivity index (χ0v) is 65.2. The molecule has 4 aromatic rings. The number of nitrogens with one attached hydrogen (secondary N) is 5. The van der Waals surface area contributed by atoms with Crippen LogP contribution in [0.4, 0.5) is 16.5 Å². The van der Waals surface area contributed by atoms with Crippen molar-refractivity contribution in [1.29, 1.82) is 0 Å². The lowest BCUT2D eigenvalue weighted by Gasteiger charge is -2.27. The number of ether oxygens (including phenoxy) is 2. The molecule has 0 saturated heterocycles. The second-order valence-corrected chi connectivity index (χ2v) is 31.5. The molecular weight excluding hydrogens is 1470 g/mol. The lowest BCUT2D eigenvalue weighted by atomic mass is 9.80. The molecule has 2 aliphatic rings. The smallest absolute Gasteiger partial charge is 0.267 e. The molecule has 0 bridgehead atoms. The number of ketones is 1. The van der Waals surface area contributed by atoms with Gasteiger partial charge >= 0.3 is 0 Å². The van der Waals surface area contributed by atoms with Crippen LogP contribution >= 0.6 is 11.3 Å². The number of aliphatic hydroxyl groups is 10. The van der Waals surface area contributed by atoms with E-state index in [2.05, 4.69) is 90.3 Å². The summed E-state index contributed by atoms with van der Waals surface area (Å²) in [6.07, 6.45) is 7.19. The molecule has 2 aliphatic heterocycles. The van der Waals surface area contributed by atoms with Crippen molar-refractivity contribution in [1.82, 2.24) is 46.5 Å². The highest BCUT2D eigenvalue weighted by atomic mass is 32.2. The van der Waals surface area contributed by atoms with Crippen molar-refractivity contribution >= 4 is 78.9 Å². The van der Waals surface area contributed by atoms with E-state index in [1.807, 2.05) is 68.5 Å². The van der Waals surface area contributed by atoms with Gasteiger partial charge in [-0.3, -0.25) is 33.4 Å². The second kappa shape index (κ2) is 44.3. The Bertz CT molecular complexity index is 3970. The molecule has 2 aromatic carbocycles. The normalized spacial score (nSPS) is 16.9. The van der Waals surface area contributed by atoms with Gasteiger partial charge in [0, 0.05) is 117 Å². The average molecular weight is 1580 g/mol. The highest BCUT2D eigenvalue weighted by Gasteiger charge is 2.45. The number of fused-ring (bicyclic) bond motifs is 2. The number of aryl methyl sites for hydroxylation is 2. The standard InChI is InChI=1S/C75H111N13O20S2/c1-47(2)31-36-88-56-27-25-49(57(92)29-30-58(93)66(99)68(101)60(95)45-89)41-52(56)74(4,5)63(88)22-13-10-8-9-12-21-62-75(6,7)53-42-50(70(103)79-43-59(94)67(100)69(102)61(96)46-90)26-28-55(53)87(62)35-16-11-14-23-64(97)77-32-37-107-39-40-108-38-33-78-71(104)54(80-48(3)91)20-15-17-34-86-44-51(82-85-86)19-18-24-65(98)81-72-83-84-73(109-72)110(76,105)106/h8-10,12-13,21-22,25-28,41-42,44,47,54,58-61,66-69,89-90,93-96,99-102H,11,14-20,23-24,29-40,43,45-46H2,1-7H3,(H6-,76,77,78,79,80,81,83,91,97,98,103,104,105,106)/p+1. The van der Waals surface area contributed by atoms with Crippen LogP contribution in [0, 0.1) is 5.92 Å². The van der Waals surface area contributed by atoms with E-state index in [9.17, 15) is 83.1 Å². The zero-order chi connectivity index (χ0) is 80.9. The number of unbranched alkanes of at least 4 members (excludes halogenated alkanes) is 3. The minimum absolute atomic E-state index is 0.0207. The van der Waals surface area contributed by atoms with Gasteiger partial charge in [0.05, 0.1) is 63.0 Å². The van der Waals surface area contributed by atoms with E-state index in [-0.39, 0.29) is 105 Å². The van der Waals surface area contributed by atoms with Crippen LogP contribution in [0.1, 0.15) is 163 Å². The molecule has 2 aromatic heterocycles. The fraction of sp³-hybridized carbons (Fsp3) is 0.587. The monoisotopic (exact) mass is 1580 g/mol. The Morgan fingerprint density at radius 1 is 0.655 bits per heavy atom. The van der Waals surface area contributed by atoms with E-state index in [0.29, 0.717) is 93.0 Å². The van der Waals surface area contributed by atoms with Gasteiger partial charge in [-0.2, -0.15) is 4.58 Å². The van der Waals surface area contributed by atoms with Gasteiger partial charge in [-0.05, 0) is 120 Å². The molecule has 0 radical (unpaired) electrons. The van der Waals surface area contributed by atoms with E-state index in [1.54, 1.807) is 29.1 Å². The van der Waals surface area contributed by atoms with Crippen LogP contribution in [0.3, 0.4) is 0 Å². The largest absolute Gasteiger partial charge is 0.394 e.